The Kier molecular flexibility index (Phi) is 3.18. The SMILES string of the molecule is C[Si](C)(C)C#COC1C=CC(O)C1. The van der Waals surface area contributed by atoms with Gasteiger partial charge in [-0.25, -0.2) is 0 Å². The van der Waals surface area contributed by atoms with Gasteiger partial charge in [-0.2, -0.15) is 0 Å². The van der Waals surface area contributed by atoms with Crippen LogP contribution in [0.2, 0.25) is 19.6 Å². The van der Waals surface area contributed by atoms with Crippen LogP contribution >= 0.6 is 0 Å². The smallest absolute Gasteiger partial charge is 0.133 e. The van der Waals surface area contributed by atoms with Gasteiger partial charge in [-0.05, 0) is 6.08 Å². The molecule has 2 nitrogen and oxygen atoms in total. The maximum Gasteiger partial charge on any atom is 0.133 e. The molecule has 0 bridgehead atoms. The summed E-state index contributed by atoms with van der Waals surface area (Å²) in [5.41, 5.74) is 3.11. The first kappa shape index (κ1) is 10.4. The van der Waals surface area contributed by atoms with Gasteiger partial charge >= 0.3 is 0 Å². The van der Waals surface area contributed by atoms with Crippen LogP contribution in [0.1, 0.15) is 6.42 Å². The van der Waals surface area contributed by atoms with Crippen molar-refractivity contribution in [2.45, 2.75) is 38.3 Å². The summed E-state index contributed by atoms with van der Waals surface area (Å²) in [6.45, 7) is 6.51. The monoisotopic (exact) mass is 196 g/mol. The molecule has 0 fully saturated rings. The quantitative estimate of drug-likeness (QED) is 0.391. The minimum atomic E-state index is -1.32. The van der Waals surface area contributed by atoms with E-state index in [1.165, 1.54) is 0 Å². The molecule has 0 aromatic heterocycles. The topological polar surface area (TPSA) is 29.5 Å². The van der Waals surface area contributed by atoms with Gasteiger partial charge in [0.2, 0.25) is 0 Å². The fraction of sp³-hybridized carbons (Fsp3) is 0.600. The van der Waals surface area contributed by atoms with Gasteiger partial charge in [0.05, 0.1) is 6.10 Å². The molecule has 3 heteroatoms. The number of rotatable bonds is 1. The summed E-state index contributed by atoms with van der Waals surface area (Å²) < 4.78 is 5.28. The molecule has 13 heavy (non-hydrogen) atoms. The Hall–Kier alpha value is -0.723. The molecule has 2 unspecified atom stereocenters. The van der Waals surface area contributed by atoms with E-state index < -0.39 is 8.07 Å². The van der Waals surface area contributed by atoms with Crippen LogP contribution in [0.5, 0.6) is 0 Å². The van der Waals surface area contributed by atoms with Gasteiger partial charge < -0.3 is 9.84 Å². The first-order valence-electron chi connectivity index (χ1n) is 4.51. The fourth-order valence-corrected chi connectivity index (χ4v) is 1.36. The molecule has 0 aromatic carbocycles. The van der Waals surface area contributed by atoms with E-state index in [0.717, 1.165) is 0 Å². The predicted molar refractivity (Wildman–Crippen MR) is 55.8 cm³/mol. The minimum absolute atomic E-state index is 0.0150. The lowest BCUT2D eigenvalue weighted by Crippen LogP contribution is -2.17. The molecule has 0 aromatic rings. The molecule has 72 valence electrons. The van der Waals surface area contributed by atoms with Crippen molar-refractivity contribution < 1.29 is 9.84 Å². The Morgan fingerprint density at radius 2 is 2.08 bits per heavy atom. The van der Waals surface area contributed by atoms with E-state index in [4.69, 9.17) is 9.84 Å². The van der Waals surface area contributed by atoms with Crippen molar-refractivity contribution in [1.82, 2.24) is 0 Å². The highest BCUT2D eigenvalue weighted by Gasteiger charge is 2.17. The van der Waals surface area contributed by atoms with E-state index in [-0.39, 0.29) is 12.2 Å². The third-order valence-corrected chi connectivity index (χ3v) is 2.51. The Balaban J connectivity index is 2.34. The molecule has 0 spiro atoms. The van der Waals surface area contributed by atoms with Crippen molar-refractivity contribution in [3.05, 3.63) is 12.2 Å². The van der Waals surface area contributed by atoms with Crippen LogP contribution in [-0.2, 0) is 4.74 Å². The molecule has 0 saturated carbocycles. The van der Waals surface area contributed by atoms with Crippen molar-refractivity contribution in [2.75, 3.05) is 0 Å². The third-order valence-electron chi connectivity index (χ3n) is 1.66. The summed E-state index contributed by atoms with van der Waals surface area (Å²) in [4.78, 5) is 0. The second kappa shape index (κ2) is 3.99. The standard InChI is InChI=1S/C10H16O2Si/c1-13(2,3)7-6-12-10-5-4-9(11)8-10/h4-5,9-11H,8H2,1-3H3. The van der Waals surface area contributed by atoms with Gasteiger partial charge in [-0.15, -0.1) is 0 Å². The highest BCUT2D eigenvalue weighted by atomic mass is 28.3. The maximum absolute atomic E-state index is 9.15. The lowest BCUT2D eigenvalue weighted by molar-refractivity contribution is 0.147. The first-order chi connectivity index (χ1) is 5.97. The van der Waals surface area contributed by atoms with Crippen molar-refractivity contribution in [1.29, 1.82) is 0 Å². The summed E-state index contributed by atoms with van der Waals surface area (Å²) in [5, 5.41) is 9.15. The van der Waals surface area contributed by atoms with Crippen LogP contribution in [0, 0.1) is 11.7 Å². The van der Waals surface area contributed by atoms with Gasteiger partial charge in [-0.1, -0.05) is 31.3 Å². The largest absolute Gasteiger partial charge is 0.439 e. The van der Waals surface area contributed by atoms with Gasteiger partial charge in [0.1, 0.15) is 20.3 Å². The Morgan fingerprint density at radius 3 is 2.54 bits per heavy atom. The van der Waals surface area contributed by atoms with E-state index in [1.807, 2.05) is 6.08 Å². The molecule has 0 amide bonds. The van der Waals surface area contributed by atoms with Crippen LogP contribution in [0.15, 0.2) is 12.2 Å². The van der Waals surface area contributed by atoms with Crippen molar-refractivity contribution >= 4 is 8.07 Å². The molecular formula is C10H16O2Si. The molecular weight excluding hydrogens is 180 g/mol. The Bertz CT molecular complexity index is 254. The van der Waals surface area contributed by atoms with E-state index >= 15 is 0 Å². The van der Waals surface area contributed by atoms with Crippen molar-refractivity contribution in [3.8, 4) is 11.7 Å². The summed E-state index contributed by atoms with van der Waals surface area (Å²) in [6, 6.07) is 0. The van der Waals surface area contributed by atoms with Gasteiger partial charge in [0.25, 0.3) is 0 Å². The average molecular weight is 196 g/mol. The Labute approximate surface area is 80.6 Å². The second-order valence-electron chi connectivity index (χ2n) is 4.32. The number of hydrogen-bond acceptors (Lipinski definition) is 2. The van der Waals surface area contributed by atoms with Crippen LogP contribution in [-0.4, -0.2) is 25.4 Å². The van der Waals surface area contributed by atoms with Crippen molar-refractivity contribution in [3.63, 3.8) is 0 Å². The molecule has 1 rings (SSSR count). The fourth-order valence-electron chi connectivity index (χ4n) is 0.993. The van der Waals surface area contributed by atoms with Gasteiger partial charge in [0, 0.05) is 6.42 Å². The molecule has 1 N–H and O–H groups in total. The normalized spacial score (nSPS) is 26.8. The van der Waals surface area contributed by atoms with Crippen LogP contribution < -0.4 is 0 Å². The van der Waals surface area contributed by atoms with Gasteiger partial charge in [0.15, 0.2) is 0 Å². The molecule has 2 atom stereocenters. The van der Waals surface area contributed by atoms with E-state index in [1.54, 1.807) is 6.08 Å². The number of aliphatic hydroxyl groups excluding tert-OH is 1. The third kappa shape index (κ3) is 4.16. The predicted octanol–water partition coefficient (Wildman–Crippen LogP) is 1.53. The zero-order chi connectivity index (χ0) is 9.90. The minimum Gasteiger partial charge on any atom is -0.439 e. The molecule has 0 aliphatic heterocycles. The lowest BCUT2D eigenvalue weighted by atomic mass is 10.3. The average Bonchev–Trinajstić information content (AvgIpc) is 2.33. The Morgan fingerprint density at radius 1 is 1.38 bits per heavy atom. The second-order valence-corrected chi connectivity index (χ2v) is 9.07. The summed E-state index contributed by atoms with van der Waals surface area (Å²) in [5.74, 6) is 0. The van der Waals surface area contributed by atoms with E-state index in [2.05, 4.69) is 31.3 Å². The number of hydrogen-bond donors (Lipinski definition) is 1. The maximum atomic E-state index is 9.15. The molecule has 0 radical (unpaired) electrons. The molecule has 1 aliphatic carbocycles. The zero-order valence-electron chi connectivity index (χ0n) is 8.37. The lowest BCUT2D eigenvalue weighted by Gasteiger charge is -2.07. The highest BCUT2D eigenvalue weighted by Crippen LogP contribution is 2.13. The summed E-state index contributed by atoms with van der Waals surface area (Å²) in [6.07, 6.45) is 6.63. The molecule has 1 aliphatic rings. The van der Waals surface area contributed by atoms with E-state index in [9.17, 15) is 0 Å². The van der Waals surface area contributed by atoms with E-state index in [0.29, 0.717) is 6.42 Å². The zero-order valence-corrected chi connectivity index (χ0v) is 9.37. The highest BCUT2D eigenvalue weighted by molar-refractivity contribution is 6.83. The van der Waals surface area contributed by atoms with Crippen molar-refractivity contribution in [2.24, 2.45) is 0 Å². The number of ether oxygens (including phenoxy) is 1. The summed E-state index contributed by atoms with van der Waals surface area (Å²) in [7, 11) is -1.32. The van der Waals surface area contributed by atoms with Crippen LogP contribution in [0.4, 0.5) is 0 Å². The van der Waals surface area contributed by atoms with Gasteiger partial charge in [-0.3, -0.25) is 0 Å². The number of aliphatic hydroxyl groups is 1. The van der Waals surface area contributed by atoms with Crippen LogP contribution in [0.25, 0.3) is 0 Å². The first-order valence-corrected chi connectivity index (χ1v) is 8.01. The molecule has 0 saturated heterocycles. The van der Waals surface area contributed by atoms with Crippen LogP contribution in [0.3, 0.4) is 0 Å². The molecule has 0 heterocycles. The summed E-state index contributed by atoms with van der Waals surface area (Å²) >= 11 is 0.